The number of aryl methyl sites for hydroxylation is 1. The van der Waals surface area contributed by atoms with Gasteiger partial charge in [0.05, 0.1) is 25.2 Å². The summed E-state index contributed by atoms with van der Waals surface area (Å²) in [7, 11) is 5.41. The summed E-state index contributed by atoms with van der Waals surface area (Å²) in [6.07, 6.45) is 2.97. The first-order valence-electron chi connectivity index (χ1n) is 8.20. The maximum absolute atomic E-state index is 5.63. The first-order chi connectivity index (χ1) is 12.2. The van der Waals surface area contributed by atoms with E-state index >= 15 is 0 Å². The van der Waals surface area contributed by atoms with Crippen LogP contribution in [0, 0.1) is 0 Å². The Bertz CT molecular complexity index is 1040. The molecule has 0 saturated carbocycles. The van der Waals surface area contributed by atoms with Gasteiger partial charge in [0, 0.05) is 17.4 Å². The van der Waals surface area contributed by atoms with E-state index in [4.69, 9.17) is 18.9 Å². The van der Waals surface area contributed by atoms with Crippen LogP contribution in [0.4, 0.5) is 0 Å². The molecule has 1 aliphatic heterocycles. The van der Waals surface area contributed by atoms with Gasteiger partial charge < -0.3 is 18.9 Å². The fraction of sp³-hybridized carbons (Fsp3) is 0.250. The number of benzene rings is 2. The minimum Gasteiger partial charge on any atom is -0.493 e. The highest BCUT2D eigenvalue weighted by Gasteiger charge is 2.32. The third kappa shape index (κ3) is 1.86. The van der Waals surface area contributed by atoms with Gasteiger partial charge in [-0.2, -0.15) is 4.57 Å². The Labute approximate surface area is 145 Å². The van der Waals surface area contributed by atoms with Crippen LogP contribution in [0.1, 0.15) is 11.1 Å². The lowest BCUT2D eigenvalue weighted by atomic mass is 10.0. The van der Waals surface area contributed by atoms with Gasteiger partial charge in [-0.25, -0.2) is 0 Å². The highest BCUT2D eigenvalue weighted by molar-refractivity contribution is 5.96. The Morgan fingerprint density at radius 1 is 1.00 bits per heavy atom. The smallest absolute Gasteiger partial charge is 0.231 e. The van der Waals surface area contributed by atoms with Crippen LogP contribution in [0.2, 0.25) is 0 Å². The van der Waals surface area contributed by atoms with Gasteiger partial charge in [-0.15, -0.1) is 0 Å². The van der Waals surface area contributed by atoms with Crippen molar-refractivity contribution in [3.05, 3.63) is 41.6 Å². The van der Waals surface area contributed by atoms with Gasteiger partial charge in [-0.1, -0.05) is 0 Å². The molecule has 2 aromatic carbocycles. The largest absolute Gasteiger partial charge is 0.493 e. The summed E-state index contributed by atoms with van der Waals surface area (Å²) >= 11 is 0. The summed E-state index contributed by atoms with van der Waals surface area (Å²) in [5.74, 6) is 3.16. The summed E-state index contributed by atoms with van der Waals surface area (Å²) in [5.41, 5.74) is 4.98. The van der Waals surface area contributed by atoms with Gasteiger partial charge in [0.25, 0.3) is 0 Å². The molecule has 126 valence electrons. The van der Waals surface area contributed by atoms with E-state index in [0.29, 0.717) is 6.79 Å². The number of hydrogen-bond donors (Lipinski definition) is 0. The predicted molar refractivity (Wildman–Crippen MR) is 92.6 cm³/mol. The van der Waals surface area contributed by atoms with Gasteiger partial charge >= 0.3 is 0 Å². The molecule has 0 amide bonds. The molecule has 0 spiro atoms. The number of pyridine rings is 1. The molecule has 25 heavy (non-hydrogen) atoms. The average Bonchev–Trinajstić information content (AvgIpc) is 3.22. The lowest BCUT2D eigenvalue weighted by Crippen LogP contribution is -2.31. The molecule has 1 aliphatic carbocycles. The Morgan fingerprint density at radius 3 is 2.56 bits per heavy atom. The Balaban J connectivity index is 1.81. The summed E-state index contributed by atoms with van der Waals surface area (Å²) < 4.78 is 24.3. The van der Waals surface area contributed by atoms with Crippen LogP contribution in [0.15, 0.2) is 30.5 Å². The molecule has 0 atom stereocenters. The second-order valence-electron chi connectivity index (χ2n) is 6.37. The summed E-state index contributed by atoms with van der Waals surface area (Å²) in [4.78, 5) is 0. The van der Waals surface area contributed by atoms with E-state index in [1.807, 2.05) is 6.07 Å². The number of rotatable bonds is 2. The van der Waals surface area contributed by atoms with Crippen LogP contribution < -0.4 is 23.5 Å². The van der Waals surface area contributed by atoms with E-state index in [-0.39, 0.29) is 0 Å². The lowest BCUT2D eigenvalue weighted by molar-refractivity contribution is -0.659. The van der Waals surface area contributed by atoms with Crippen molar-refractivity contribution in [2.45, 2.75) is 6.42 Å². The van der Waals surface area contributed by atoms with E-state index in [1.54, 1.807) is 14.2 Å². The zero-order valence-electron chi connectivity index (χ0n) is 14.4. The second kappa shape index (κ2) is 5.02. The quantitative estimate of drug-likeness (QED) is 0.528. The van der Waals surface area contributed by atoms with Crippen molar-refractivity contribution < 1.29 is 23.5 Å². The maximum Gasteiger partial charge on any atom is 0.231 e. The molecule has 5 nitrogen and oxygen atoms in total. The van der Waals surface area contributed by atoms with Crippen molar-refractivity contribution in [2.24, 2.45) is 7.05 Å². The van der Waals surface area contributed by atoms with Crippen LogP contribution in [-0.2, 0) is 13.5 Å². The van der Waals surface area contributed by atoms with Crippen molar-refractivity contribution in [2.75, 3.05) is 21.0 Å². The molecule has 0 saturated heterocycles. The van der Waals surface area contributed by atoms with Gasteiger partial charge in [0.1, 0.15) is 7.05 Å². The maximum atomic E-state index is 5.63. The Morgan fingerprint density at radius 2 is 1.80 bits per heavy atom. The standard InChI is InChI=1S/C20H18NO4/c1-21-9-15-12(4-5-16(22-2)20(15)23-3)14-6-11-7-17-18(25-10-24-17)8-13(11)19(14)21/h4-5,7-9H,6,10H2,1-3H3/q+1. The van der Waals surface area contributed by atoms with Crippen LogP contribution in [0.25, 0.3) is 22.0 Å². The molecule has 0 bridgehead atoms. The normalized spacial score (nSPS) is 13.7. The number of fused-ring (bicyclic) bond motifs is 6. The van der Waals surface area contributed by atoms with Crippen molar-refractivity contribution in [3.8, 4) is 34.3 Å². The molecule has 2 heterocycles. The van der Waals surface area contributed by atoms with E-state index in [0.717, 1.165) is 34.8 Å². The van der Waals surface area contributed by atoms with Crippen LogP contribution in [0.5, 0.6) is 23.0 Å². The zero-order valence-corrected chi connectivity index (χ0v) is 14.4. The van der Waals surface area contributed by atoms with Crippen molar-refractivity contribution in [1.82, 2.24) is 0 Å². The fourth-order valence-electron chi connectivity index (χ4n) is 4.01. The topological polar surface area (TPSA) is 40.8 Å². The van der Waals surface area contributed by atoms with E-state index in [1.165, 1.54) is 27.8 Å². The molecule has 0 unspecified atom stereocenters. The first kappa shape index (κ1) is 14.4. The molecule has 0 radical (unpaired) electrons. The van der Waals surface area contributed by atoms with Gasteiger partial charge in [0.15, 0.2) is 29.2 Å². The fourth-order valence-corrected chi connectivity index (χ4v) is 4.01. The minimum absolute atomic E-state index is 0.298. The summed E-state index contributed by atoms with van der Waals surface area (Å²) in [5, 5.41) is 2.24. The first-order valence-corrected chi connectivity index (χ1v) is 8.20. The van der Waals surface area contributed by atoms with Gasteiger partial charge in [-0.3, -0.25) is 0 Å². The molecule has 1 aromatic heterocycles. The number of nitrogens with zero attached hydrogens (tertiary/aromatic N) is 1. The van der Waals surface area contributed by atoms with Crippen molar-refractivity contribution in [1.29, 1.82) is 0 Å². The highest BCUT2D eigenvalue weighted by atomic mass is 16.7. The number of aromatic nitrogens is 1. The van der Waals surface area contributed by atoms with Crippen LogP contribution in [0.3, 0.4) is 0 Å². The third-order valence-electron chi connectivity index (χ3n) is 5.09. The average molecular weight is 336 g/mol. The molecule has 3 aromatic rings. The number of ether oxygens (including phenoxy) is 4. The highest BCUT2D eigenvalue weighted by Crippen LogP contribution is 2.46. The molecular formula is C20H18NO4+. The summed E-state index contributed by atoms with van der Waals surface area (Å²) in [6, 6.07) is 8.28. The van der Waals surface area contributed by atoms with E-state index < -0.39 is 0 Å². The molecule has 5 heteroatoms. The Kier molecular flexibility index (Phi) is 2.89. The number of methoxy groups -OCH3 is 2. The predicted octanol–water partition coefficient (Wildman–Crippen LogP) is 2.98. The number of hydrogen-bond acceptors (Lipinski definition) is 4. The van der Waals surface area contributed by atoms with Crippen LogP contribution >= 0.6 is 0 Å². The van der Waals surface area contributed by atoms with Gasteiger partial charge in [-0.05, 0) is 29.8 Å². The molecule has 0 N–H and O–H groups in total. The Hall–Kier alpha value is -2.95. The third-order valence-corrected chi connectivity index (χ3v) is 5.09. The molecule has 0 fully saturated rings. The van der Waals surface area contributed by atoms with Crippen molar-refractivity contribution >= 4 is 10.8 Å². The van der Waals surface area contributed by atoms with E-state index in [9.17, 15) is 0 Å². The summed E-state index contributed by atoms with van der Waals surface area (Å²) in [6.45, 7) is 0.298. The minimum atomic E-state index is 0.298. The molecule has 2 aliphatic rings. The SMILES string of the molecule is COc1ccc2c3c([n+](C)cc2c1OC)-c1cc2c(cc1C3)OCO2. The van der Waals surface area contributed by atoms with Gasteiger partial charge in [0.2, 0.25) is 12.5 Å². The lowest BCUT2D eigenvalue weighted by Gasteiger charge is -2.12. The van der Waals surface area contributed by atoms with Crippen LogP contribution in [-0.4, -0.2) is 21.0 Å². The second-order valence-corrected chi connectivity index (χ2v) is 6.37. The molecular weight excluding hydrogens is 318 g/mol. The van der Waals surface area contributed by atoms with Crippen molar-refractivity contribution in [3.63, 3.8) is 0 Å². The zero-order chi connectivity index (χ0) is 17.1. The monoisotopic (exact) mass is 336 g/mol. The van der Waals surface area contributed by atoms with E-state index in [2.05, 4.69) is 36.0 Å². The molecule has 5 rings (SSSR count).